The molecule has 124 valence electrons. The predicted molar refractivity (Wildman–Crippen MR) is 93.3 cm³/mol. The van der Waals surface area contributed by atoms with Crippen LogP contribution in [0.3, 0.4) is 0 Å². The molecule has 0 aliphatic heterocycles. The van der Waals surface area contributed by atoms with Gasteiger partial charge in [-0.25, -0.2) is 13.6 Å². The third kappa shape index (κ3) is 5.16. The van der Waals surface area contributed by atoms with E-state index in [1.54, 1.807) is 0 Å². The molecule has 0 radical (unpaired) electrons. The number of nitrogens with two attached hydrogens (primary N) is 1. The van der Waals surface area contributed by atoms with E-state index in [2.05, 4.69) is 12.2 Å². The van der Waals surface area contributed by atoms with Gasteiger partial charge in [-0.3, -0.25) is 4.79 Å². The van der Waals surface area contributed by atoms with E-state index < -0.39 is 10.0 Å². The number of carbonyl (C=O) groups is 1. The second-order valence-electron chi connectivity index (χ2n) is 5.31. The number of sulfonamides is 1. The highest BCUT2D eigenvalue weighted by Crippen LogP contribution is 2.20. The van der Waals surface area contributed by atoms with Crippen molar-refractivity contribution in [3.8, 4) is 0 Å². The Bertz CT molecular complexity index is 765. The molecule has 0 unspecified atom stereocenters. The SMILES string of the molecule is CCCCCc1ccc(NC(=O)c2csc(S(N)(=O)=O)c2)cc1. The molecule has 0 atom stereocenters. The number of hydrogen-bond acceptors (Lipinski definition) is 4. The lowest BCUT2D eigenvalue weighted by molar-refractivity contribution is 0.102. The van der Waals surface area contributed by atoms with Gasteiger partial charge in [0.2, 0.25) is 10.0 Å². The normalized spacial score (nSPS) is 11.4. The summed E-state index contributed by atoms with van der Waals surface area (Å²) in [6.45, 7) is 2.17. The van der Waals surface area contributed by atoms with E-state index >= 15 is 0 Å². The number of unbranched alkanes of at least 4 members (excludes halogenated alkanes) is 2. The Morgan fingerprint density at radius 2 is 1.91 bits per heavy atom. The minimum atomic E-state index is -3.77. The van der Waals surface area contributed by atoms with Crippen molar-refractivity contribution >= 4 is 33.0 Å². The van der Waals surface area contributed by atoms with Crippen molar-refractivity contribution in [2.24, 2.45) is 5.14 Å². The first-order valence-electron chi connectivity index (χ1n) is 7.42. The van der Waals surface area contributed by atoms with Crippen LogP contribution in [0.5, 0.6) is 0 Å². The van der Waals surface area contributed by atoms with E-state index in [9.17, 15) is 13.2 Å². The quantitative estimate of drug-likeness (QED) is 0.749. The second kappa shape index (κ2) is 7.72. The van der Waals surface area contributed by atoms with E-state index in [1.807, 2.05) is 24.3 Å². The molecule has 0 saturated carbocycles. The number of rotatable bonds is 7. The van der Waals surface area contributed by atoms with E-state index in [0.29, 0.717) is 5.69 Å². The molecular weight excluding hydrogens is 332 g/mol. The Morgan fingerprint density at radius 3 is 2.48 bits per heavy atom. The minimum absolute atomic E-state index is 0.0195. The fourth-order valence-corrected chi connectivity index (χ4v) is 3.71. The number of hydrogen-bond donors (Lipinski definition) is 2. The van der Waals surface area contributed by atoms with Gasteiger partial charge in [0.05, 0.1) is 5.56 Å². The summed E-state index contributed by atoms with van der Waals surface area (Å²) in [6, 6.07) is 8.98. The number of benzene rings is 1. The summed E-state index contributed by atoms with van der Waals surface area (Å²) in [6.07, 6.45) is 4.59. The Balaban J connectivity index is 1.98. The van der Waals surface area contributed by atoms with Gasteiger partial charge in [0.15, 0.2) is 0 Å². The van der Waals surface area contributed by atoms with E-state index in [-0.39, 0.29) is 15.7 Å². The molecule has 0 saturated heterocycles. The Morgan fingerprint density at radius 1 is 1.22 bits per heavy atom. The van der Waals surface area contributed by atoms with Crippen LogP contribution in [0.25, 0.3) is 0 Å². The van der Waals surface area contributed by atoms with Crippen LogP contribution in [0, 0.1) is 0 Å². The smallest absolute Gasteiger partial charge is 0.256 e. The fraction of sp³-hybridized carbons (Fsp3) is 0.312. The number of thiophene rings is 1. The summed E-state index contributed by atoms with van der Waals surface area (Å²) in [7, 11) is -3.77. The van der Waals surface area contributed by atoms with Crippen molar-refractivity contribution in [2.45, 2.75) is 36.8 Å². The van der Waals surface area contributed by atoms with Gasteiger partial charge in [0.25, 0.3) is 5.91 Å². The summed E-state index contributed by atoms with van der Waals surface area (Å²) in [4.78, 5) is 12.1. The monoisotopic (exact) mass is 352 g/mol. The molecule has 1 aromatic heterocycles. The first kappa shape index (κ1) is 17.7. The van der Waals surface area contributed by atoms with Crippen molar-refractivity contribution in [1.29, 1.82) is 0 Å². The van der Waals surface area contributed by atoms with E-state index in [0.717, 1.165) is 24.2 Å². The summed E-state index contributed by atoms with van der Waals surface area (Å²) >= 11 is 0.935. The molecule has 7 heteroatoms. The average Bonchev–Trinajstić information content (AvgIpc) is 2.99. The lowest BCUT2D eigenvalue weighted by atomic mass is 10.1. The molecule has 3 N–H and O–H groups in total. The van der Waals surface area contributed by atoms with Crippen LogP contribution in [0.4, 0.5) is 5.69 Å². The number of nitrogens with one attached hydrogen (secondary N) is 1. The standard InChI is InChI=1S/C16H20N2O3S2/c1-2-3-4-5-12-6-8-14(9-7-12)18-16(19)13-10-15(22-11-13)23(17,20)21/h6-11H,2-5H2,1H3,(H,18,19)(H2,17,20,21). The van der Waals surface area contributed by atoms with Gasteiger partial charge >= 0.3 is 0 Å². The Labute approximate surface area is 140 Å². The van der Waals surface area contributed by atoms with Gasteiger partial charge in [-0.1, -0.05) is 31.9 Å². The molecule has 23 heavy (non-hydrogen) atoms. The summed E-state index contributed by atoms with van der Waals surface area (Å²) in [5.41, 5.74) is 2.20. The van der Waals surface area contributed by atoms with Crippen molar-refractivity contribution < 1.29 is 13.2 Å². The molecule has 0 aliphatic rings. The number of anilines is 1. The molecule has 2 rings (SSSR count). The molecule has 1 amide bonds. The number of aryl methyl sites for hydroxylation is 1. The molecule has 1 aromatic carbocycles. The minimum Gasteiger partial charge on any atom is -0.322 e. The maximum Gasteiger partial charge on any atom is 0.256 e. The lowest BCUT2D eigenvalue weighted by Crippen LogP contribution is -2.12. The maximum absolute atomic E-state index is 12.1. The zero-order valence-electron chi connectivity index (χ0n) is 12.9. The third-order valence-electron chi connectivity index (χ3n) is 3.40. The lowest BCUT2D eigenvalue weighted by Gasteiger charge is -2.05. The zero-order chi connectivity index (χ0) is 16.9. The van der Waals surface area contributed by atoms with Crippen LogP contribution in [-0.2, 0) is 16.4 Å². The largest absolute Gasteiger partial charge is 0.322 e. The molecule has 0 aliphatic carbocycles. The number of amides is 1. The molecule has 0 spiro atoms. The number of primary sulfonamides is 1. The first-order valence-corrected chi connectivity index (χ1v) is 9.84. The fourth-order valence-electron chi connectivity index (χ4n) is 2.12. The van der Waals surface area contributed by atoms with Crippen LogP contribution >= 0.6 is 11.3 Å². The van der Waals surface area contributed by atoms with E-state index in [1.165, 1.54) is 29.9 Å². The Hall–Kier alpha value is -1.70. The second-order valence-corrected chi connectivity index (χ2v) is 8.01. The van der Waals surface area contributed by atoms with Crippen molar-refractivity contribution in [1.82, 2.24) is 0 Å². The van der Waals surface area contributed by atoms with Gasteiger partial charge in [0, 0.05) is 11.1 Å². The van der Waals surface area contributed by atoms with Crippen molar-refractivity contribution in [3.05, 3.63) is 46.8 Å². The Kier molecular flexibility index (Phi) is 5.92. The van der Waals surface area contributed by atoms with Gasteiger partial charge in [-0.2, -0.15) is 0 Å². The van der Waals surface area contributed by atoms with Gasteiger partial charge in [0.1, 0.15) is 4.21 Å². The summed E-state index contributed by atoms with van der Waals surface area (Å²) in [5.74, 6) is -0.352. The van der Waals surface area contributed by atoms with Gasteiger partial charge in [-0.05, 0) is 36.6 Å². The molecule has 0 fully saturated rings. The maximum atomic E-state index is 12.1. The predicted octanol–water partition coefficient (Wildman–Crippen LogP) is 3.38. The average molecular weight is 352 g/mol. The van der Waals surface area contributed by atoms with Gasteiger partial charge in [-0.15, -0.1) is 11.3 Å². The van der Waals surface area contributed by atoms with Crippen molar-refractivity contribution in [2.75, 3.05) is 5.32 Å². The molecular formula is C16H20N2O3S2. The number of carbonyl (C=O) groups excluding carboxylic acids is 1. The van der Waals surface area contributed by atoms with Crippen LogP contribution < -0.4 is 10.5 Å². The highest BCUT2D eigenvalue weighted by Gasteiger charge is 2.15. The van der Waals surface area contributed by atoms with Gasteiger partial charge < -0.3 is 5.32 Å². The van der Waals surface area contributed by atoms with Crippen LogP contribution in [0.1, 0.15) is 42.1 Å². The first-order chi connectivity index (χ1) is 10.9. The molecule has 2 aromatic rings. The molecule has 1 heterocycles. The van der Waals surface area contributed by atoms with Crippen molar-refractivity contribution in [3.63, 3.8) is 0 Å². The van der Waals surface area contributed by atoms with Crippen LogP contribution in [0.2, 0.25) is 0 Å². The van der Waals surface area contributed by atoms with Crippen LogP contribution in [-0.4, -0.2) is 14.3 Å². The van der Waals surface area contributed by atoms with E-state index in [4.69, 9.17) is 5.14 Å². The molecule has 0 bridgehead atoms. The molecule has 5 nitrogen and oxygen atoms in total. The zero-order valence-corrected chi connectivity index (χ0v) is 14.5. The summed E-state index contributed by atoms with van der Waals surface area (Å²) in [5, 5.41) is 9.27. The highest BCUT2D eigenvalue weighted by atomic mass is 32.2. The highest BCUT2D eigenvalue weighted by molar-refractivity contribution is 7.91. The summed E-state index contributed by atoms with van der Waals surface area (Å²) < 4.78 is 22.4. The topological polar surface area (TPSA) is 89.3 Å². The van der Waals surface area contributed by atoms with Crippen LogP contribution in [0.15, 0.2) is 39.9 Å². The third-order valence-corrected chi connectivity index (χ3v) is 5.79.